The Morgan fingerprint density at radius 1 is 1.38 bits per heavy atom. The zero-order chi connectivity index (χ0) is 11.4. The van der Waals surface area contributed by atoms with Crippen LogP contribution in [0.4, 0.5) is 0 Å². The van der Waals surface area contributed by atoms with E-state index in [1.165, 1.54) is 0 Å². The third-order valence-electron chi connectivity index (χ3n) is 2.47. The molecule has 1 aromatic carbocycles. The van der Waals surface area contributed by atoms with Crippen molar-refractivity contribution in [2.75, 3.05) is 0 Å². The van der Waals surface area contributed by atoms with Gasteiger partial charge < -0.3 is 15.0 Å². The predicted octanol–water partition coefficient (Wildman–Crippen LogP) is 1.46. The Morgan fingerprint density at radius 3 is 2.88 bits per heavy atom. The summed E-state index contributed by atoms with van der Waals surface area (Å²) in [5.41, 5.74) is 6.64. The van der Waals surface area contributed by atoms with Crippen molar-refractivity contribution in [1.29, 1.82) is 0 Å². The van der Waals surface area contributed by atoms with Crippen molar-refractivity contribution in [2.24, 2.45) is 12.8 Å². The predicted molar refractivity (Wildman–Crippen MR) is 61.9 cm³/mol. The fraction of sp³-hybridized carbons (Fsp3) is 0.250. The number of nitrogens with two attached hydrogens (primary N) is 1. The average molecular weight is 217 g/mol. The van der Waals surface area contributed by atoms with E-state index < -0.39 is 0 Å². The van der Waals surface area contributed by atoms with Gasteiger partial charge in [-0.15, -0.1) is 0 Å². The minimum Gasteiger partial charge on any atom is -0.485 e. The average Bonchev–Trinajstić information content (AvgIpc) is 2.72. The standard InChI is InChI=1S/C12H15N3O/c1-15-7-6-14-12(15)9-16-11-5-3-2-4-10(11)8-13/h2-7H,8-9,13H2,1H3. The lowest BCUT2D eigenvalue weighted by Crippen LogP contribution is -2.06. The Balaban J connectivity index is 2.07. The van der Waals surface area contributed by atoms with Crippen LogP contribution < -0.4 is 10.5 Å². The van der Waals surface area contributed by atoms with E-state index in [1.54, 1.807) is 6.20 Å². The van der Waals surface area contributed by atoms with Crippen molar-refractivity contribution in [3.8, 4) is 5.75 Å². The van der Waals surface area contributed by atoms with Gasteiger partial charge in [0.15, 0.2) is 0 Å². The van der Waals surface area contributed by atoms with E-state index in [9.17, 15) is 0 Å². The van der Waals surface area contributed by atoms with E-state index in [2.05, 4.69) is 4.98 Å². The van der Waals surface area contributed by atoms with Gasteiger partial charge in [-0.1, -0.05) is 18.2 Å². The maximum Gasteiger partial charge on any atom is 0.146 e. The summed E-state index contributed by atoms with van der Waals surface area (Å²) in [4.78, 5) is 4.19. The molecule has 84 valence electrons. The first-order chi connectivity index (χ1) is 7.81. The van der Waals surface area contributed by atoms with Crippen LogP contribution in [0.25, 0.3) is 0 Å². The third kappa shape index (κ3) is 2.23. The first kappa shape index (κ1) is 10.7. The van der Waals surface area contributed by atoms with Crippen LogP contribution in [0.1, 0.15) is 11.4 Å². The van der Waals surface area contributed by atoms with E-state index in [-0.39, 0.29) is 0 Å². The number of aryl methyl sites for hydroxylation is 1. The molecule has 16 heavy (non-hydrogen) atoms. The largest absolute Gasteiger partial charge is 0.485 e. The molecule has 0 spiro atoms. The van der Waals surface area contributed by atoms with Crippen LogP contribution in [-0.4, -0.2) is 9.55 Å². The molecule has 0 radical (unpaired) electrons. The highest BCUT2D eigenvalue weighted by molar-refractivity contribution is 5.33. The lowest BCUT2D eigenvalue weighted by molar-refractivity contribution is 0.289. The Labute approximate surface area is 94.7 Å². The van der Waals surface area contributed by atoms with Crippen molar-refractivity contribution in [2.45, 2.75) is 13.2 Å². The summed E-state index contributed by atoms with van der Waals surface area (Å²) < 4.78 is 7.63. The van der Waals surface area contributed by atoms with E-state index in [0.717, 1.165) is 17.1 Å². The fourth-order valence-electron chi connectivity index (χ4n) is 1.49. The van der Waals surface area contributed by atoms with E-state index in [1.807, 2.05) is 42.1 Å². The normalized spacial score (nSPS) is 10.4. The molecule has 1 aromatic heterocycles. The molecule has 0 fully saturated rings. The van der Waals surface area contributed by atoms with Gasteiger partial charge in [0.25, 0.3) is 0 Å². The highest BCUT2D eigenvalue weighted by Crippen LogP contribution is 2.18. The second-order valence-corrected chi connectivity index (χ2v) is 3.55. The molecule has 4 heteroatoms. The maximum absolute atomic E-state index is 5.69. The molecule has 2 N–H and O–H groups in total. The number of rotatable bonds is 4. The number of nitrogens with zero attached hydrogens (tertiary/aromatic N) is 2. The number of benzene rings is 1. The van der Waals surface area contributed by atoms with E-state index in [4.69, 9.17) is 10.5 Å². The molecular formula is C12H15N3O. The number of hydrogen-bond donors (Lipinski definition) is 1. The summed E-state index contributed by atoms with van der Waals surface area (Å²) in [5.74, 6) is 1.72. The molecule has 0 saturated carbocycles. The molecule has 0 amide bonds. The Kier molecular flexibility index (Phi) is 3.22. The van der Waals surface area contributed by atoms with Gasteiger partial charge in [-0.3, -0.25) is 0 Å². The molecule has 0 atom stereocenters. The molecule has 0 bridgehead atoms. The highest BCUT2D eigenvalue weighted by Gasteiger charge is 2.03. The maximum atomic E-state index is 5.69. The number of hydrogen-bond acceptors (Lipinski definition) is 3. The summed E-state index contributed by atoms with van der Waals surface area (Å²) in [6.07, 6.45) is 3.65. The summed E-state index contributed by atoms with van der Waals surface area (Å²) in [6, 6.07) is 7.78. The monoisotopic (exact) mass is 217 g/mol. The van der Waals surface area contributed by atoms with Crippen LogP contribution in [0.5, 0.6) is 5.75 Å². The van der Waals surface area contributed by atoms with Gasteiger partial charge in [0.05, 0.1) is 0 Å². The van der Waals surface area contributed by atoms with Gasteiger partial charge in [0.2, 0.25) is 0 Å². The number of imidazole rings is 1. The molecule has 0 saturated heterocycles. The van der Waals surface area contributed by atoms with Gasteiger partial charge in [0.1, 0.15) is 18.2 Å². The quantitative estimate of drug-likeness (QED) is 0.843. The molecular weight excluding hydrogens is 202 g/mol. The fourth-order valence-corrected chi connectivity index (χ4v) is 1.49. The smallest absolute Gasteiger partial charge is 0.146 e. The minimum atomic E-state index is 0.459. The van der Waals surface area contributed by atoms with Gasteiger partial charge in [-0.05, 0) is 6.07 Å². The van der Waals surface area contributed by atoms with Crippen molar-refractivity contribution in [1.82, 2.24) is 9.55 Å². The number of ether oxygens (including phenoxy) is 1. The zero-order valence-corrected chi connectivity index (χ0v) is 9.26. The van der Waals surface area contributed by atoms with E-state index >= 15 is 0 Å². The second kappa shape index (κ2) is 4.81. The van der Waals surface area contributed by atoms with Crippen LogP contribution >= 0.6 is 0 Å². The SMILES string of the molecule is Cn1ccnc1COc1ccccc1CN. The lowest BCUT2D eigenvalue weighted by Gasteiger charge is -2.09. The summed E-state index contributed by atoms with van der Waals surface area (Å²) in [5, 5.41) is 0. The summed E-state index contributed by atoms with van der Waals surface area (Å²) in [7, 11) is 1.94. The van der Waals surface area contributed by atoms with Crippen molar-refractivity contribution >= 4 is 0 Å². The van der Waals surface area contributed by atoms with Crippen molar-refractivity contribution in [3.63, 3.8) is 0 Å². The van der Waals surface area contributed by atoms with Crippen LogP contribution in [0.3, 0.4) is 0 Å². The van der Waals surface area contributed by atoms with Crippen molar-refractivity contribution in [3.05, 3.63) is 48.0 Å². The first-order valence-corrected chi connectivity index (χ1v) is 5.18. The Morgan fingerprint density at radius 2 is 2.19 bits per heavy atom. The molecule has 2 aromatic rings. The van der Waals surface area contributed by atoms with Gasteiger partial charge in [0, 0.05) is 31.5 Å². The van der Waals surface area contributed by atoms with Crippen LogP contribution in [-0.2, 0) is 20.2 Å². The topological polar surface area (TPSA) is 53.1 Å². The van der Waals surface area contributed by atoms with Crippen LogP contribution in [0.15, 0.2) is 36.7 Å². The number of aromatic nitrogens is 2. The van der Waals surface area contributed by atoms with Gasteiger partial charge >= 0.3 is 0 Å². The third-order valence-corrected chi connectivity index (χ3v) is 2.47. The summed E-state index contributed by atoms with van der Waals surface area (Å²) in [6.45, 7) is 0.942. The van der Waals surface area contributed by atoms with Crippen LogP contribution in [0.2, 0.25) is 0 Å². The first-order valence-electron chi connectivity index (χ1n) is 5.18. The molecule has 4 nitrogen and oxygen atoms in total. The highest BCUT2D eigenvalue weighted by atomic mass is 16.5. The van der Waals surface area contributed by atoms with Crippen molar-refractivity contribution < 1.29 is 4.74 Å². The lowest BCUT2D eigenvalue weighted by atomic mass is 10.2. The van der Waals surface area contributed by atoms with Crippen LogP contribution in [0, 0.1) is 0 Å². The molecule has 0 aliphatic heterocycles. The zero-order valence-electron chi connectivity index (χ0n) is 9.26. The molecule has 2 rings (SSSR count). The molecule has 0 aliphatic rings. The van der Waals surface area contributed by atoms with Gasteiger partial charge in [-0.2, -0.15) is 0 Å². The summed E-state index contributed by atoms with van der Waals surface area (Å²) >= 11 is 0. The Bertz CT molecular complexity index is 465. The second-order valence-electron chi connectivity index (χ2n) is 3.55. The van der Waals surface area contributed by atoms with E-state index in [0.29, 0.717) is 13.2 Å². The molecule has 0 aliphatic carbocycles. The minimum absolute atomic E-state index is 0.459. The van der Waals surface area contributed by atoms with Gasteiger partial charge in [-0.25, -0.2) is 4.98 Å². The molecule has 0 unspecified atom stereocenters. The number of para-hydroxylation sites is 1. The Hall–Kier alpha value is -1.81. The molecule has 1 heterocycles.